The number of hydrogen-bond donors (Lipinski definition) is 1. The van der Waals surface area contributed by atoms with Crippen LogP contribution in [0, 0.1) is 12.8 Å². The maximum absolute atomic E-state index is 5.95. The van der Waals surface area contributed by atoms with Gasteiger partial charge in [-0.3, -0.25) is 0 Å². The Hall–Kier alpha value is -1.31. The molecule has 0 spiro atoms. The molecule has 0 heterocycles. The van der Waals surface area contributed by atoms with Crippen molar-refractivity contribution in [1.29, 1.82) is 0 Å². The highest BCUT2D eigenvalue weighted by molar-refractivity contribution is 5.88. The molecule has 2 rings (SSSR count). The van der Waals surface area contributed by atoms with Crippen LogP contribution < -0.4 is 5.73 Å². The SMILES string of the molecule is CCc1cccc(C)c1N=C(N)C1CC1. The summed E-state index contributed by atoms with van der Waals surface area (Å²) in [5, 5.41) is 0. The van der Waals surface area contributed by atoms with Gasteiger partial charge in [-0.15, -0.1) is 0 Å². The highest BCUT2D eigenvalue weighted by Gasteiger charge is 2.25. The summed E-state index contributed by atoms with van der Waals surface area (Å²) in [6, 6.07) is 6.31. The molecule has 0 bridgehead atoms. The second kappa shape index (κ2) is 4.05. The van der Waals surface area contributed by atoms with Gasteiger partial charge < -0.3 is 5.73 Å². The Morgan fingerprint density at radius 2 is 2.20 bits per heavy atom. The third kappa shape index (κ3) is 2.20. The molecule has 1 aromatic rings. The Morgan fingerprint density at radius 3 is 2.80 bits per heavy atom. The highest BCUT2D eigenvalue weighted by atomic mass is 14.9. The average molecular weight is 202 g/mol. The molecule has 0 radical (unpaired) electrons. The normalized spacial score (nSPS) is 16.8. The second-order valence-electron chi connectivity index (χ2n) is 4.25. The predicted octanol–water partition coefficient (Wildman–Crippen LogP) is 2.96. The van der Waals surface area contributed by atoms with Crippen molar-refractivity contribution in [2.24, 2.45) is 16.6 Å². The van der Waals surface area contributed by atoms with Crippen LogP contribution in [-0.2, 0) is 6.42 Å². The van der Waals surface area contributed by atoms with Crippen LogP contribution in [-0.4, -0.2) is 5.84 Å². The van der Waals surface area contributed by atoms with E-state index in [4.69, 9.17) is 5.73 Å². The lowest BCUT2D eigenvalue weighted by Gasteiger charge is -2.07. The van der Waals surface area contributed by atoms with Gasteiger partial charge in [-0.1, -0.05) is 25.1 Å². The van der Waals surface area contributed by atoms with E-state index in [-0.39, 0.29) is 0 Å². The fourth-order valence-corrected chi connectivity index (χ4v) is 1.76. The number of amidine groups is 1. The Morgan fingerprint density at radius 1 is 1.47 bits per heavy atom. The fourth-order valence-electron chi connectivity index (χ4n) is 1.76. The van der Waals surface area contributed by atoms with E-state index in [0.29, 0.717) is 5.92 Å². The van der Waals surface area contributed by atoms with Crippen molar-refractivity contribution >= 4 is 11.5 Å². The zero-order valence-electron chi connectivity index (χ0n) is 9.46. The van der Waals surface area contributed by atoms with Gasteiger partial charge in [-0.05, 0) is 37.3 Å². The van der Waals surface area contributed by atoms with E-state index in [2.05, 4.69) is 37.0 Å². The number of rotatable bonds is 3. The molecular weight excluding hydrogens is 184 g/mol. The van der Waals surface area contributed by atoms with Gasteiger partial charge >= 0.3 is 0 Å². The molecule has 15 heavy (non-hydrogen) atoms. The largest absolute Gasteiger partial charge is 0.387 e. The van der Waals surface area contributed by atoms with Gasteiger partial charge in [0.1, 0.15) is 5.84 Å². The van der Waals surface area contributed by atoms with Crippen molar-refractivity contribution in [3.63, 3.8) is 0 Å². The van der Waals surface area contributed by atoms with Crippen molar-refractivity contribution in [2.45, 2.75) is 33.1 Å². The molecule has 1 fully saturated rings. The van der Waals surface area contributed by atoms with Crippen molar-refractivity contribution in [3.8, 4) is 0 Å². The molecule has 0 aromatic heterocycles. The van der Waals surface area contributed by atoms with Crippen LogP contribution >= 0.6 is 0 Å². The average Bonchev–Trinajstić information content (AvgIpc) is 3.04. The van der Waals surface area contributed by atoms with Gasteiger partial charge in [0.25, 0.3) is 0 Å². The monoisotopic (exact) mass is 202 g/mol. The number of nitrogens with two attached hydrogens (primary N) is 1. The van der Waals surface area contributed by atoms with Crippen molar-refractivity contribution in [1.82, 2.24) is 0 Å². The Bertz CT molecular complexity index is 390. The lowest BCUT2D eigenvalue weighted by atomic mass is 10.1. The first-order chi connectivity index (χ1) is 7.22. The van der Waals surface area contributed by atoms with Crippen molar-refractivity contribution in [2.75, 3.05) is 0 Å². The molecule has 2 nitrogen and oxygen atoms in total. The standard InChI is InChI=1S/C13H18N2/c1-3-10-6-4-5-9(2)12(10)15-13(14)11-7-8-11/h4-6,11H,3,7-8H2,1-2H3,(H2,14,15). The van der Waals surface area contributed by atoms with Gasteiger partial charge in [0.15, 0.2) is 0 Å². The maximum Gasteiger partial charge on any atom is 0.103 e. The quantitative estimate of drug-likeness (QED) is 0.594. The molecule has 0 amide bonds. The van der Waals surface area contributed by atoms with Crippen LogP contribution in [0.2, 0.25) is 0 Å². The Balaban J connectivity index is 2.36. The van der Waals surface area contributed by atoms with Crippen LogP contribution in [0.25, 0.3) is 0 Å². The van der Waals surface area contributed by atoms with Crippen LogP contribution in [0.1, 0.15) is 30.9 Å². The molecule has 1 aliphatic carbocycles. The van der Waals surface area contributed by atoms with E-state index < -0.39 is 0 Å². The van der Waals surface area contributed by atoms with Crippen molar-refractivity contribution in [3.05, 3.63) is 29.3 Å². The van der Waals surface area contributed by atoms with E-state index in [1.807, 2.05) is 0 Å². The van der Waals surface area contributed by atoms with E-state index >= 15 is 0 Å². The minimum absolute atomic E-state index is 0.550. The first-order valence-corrected chi connectivity index (χ1v) is 5.65. The van der Waals surface area contributed by atoms with E-state index in [1.165, 1.54) is 24.0 Å². The Kier molecular flexibility index (Phi) is 2.76. The summed E-state index contributed by atoms with van der Waals surface area (Å²) in [7, 11) is 0. The molecule has 1 aromatic carbocycles. The minimum Gasteiger partial charge on any atom is -0.387 e. The number of aliphatic imine (C=N–C) groups is 1. The second-order valence-corrected chi connectivity index (χ2v) is 4.25. The van der Waals surface area contributed by atoms with Gasteiger partial charge in [-0.25, -0.2) is 4.99 Å². The molecule has 80 valence electrons. The van der Waals surface area contributed by atoms with Crippen molar-refractivity contribution < 1.29 is 0 Å². The maximum atomic E-state index is 5.95. The van der Waals surface area contributed by atoms with Gasteiger partial charge in [0.2, 0.25) is 0 Å². The summed E-state index contributed by atoms with van der Waals surface area (Å²) in [6.45, 7) is 4.25. The predicted molar refractivity (Wildman–Crippen MR) is 64.6 cm³/mol. The number of para-hydroxylation sites is 1. The summed E-state index contributed by atoms with van der Waals surface area (Å²) < 4.78 is 0. The first-order valence-electron chi connectivity index (χ1n) is 5.65. The summed E-state index contributed by atoms with van der Waals surface area (Å²) >= 11 is 0. The zero-order valence-corrected chi connectivity index (χ0v) is 9.46. The minimum atomic E-state index is 0.550. The third-order valence-electron chi connectivity index (χ3n) is 2.94. The highest BCUT2D eigenvalue weighted by Crippen LogP contribution is 2.32. The fraction of sp³-hybridized carbons (Fsp3) is 0.462. The molecule has 0 saturated heterocycles. The number of aryl methyl sites for hydroxylation is 2. The molecule has 0 aliphatic heterocycles. The lowest BCUT2D eigenvalue weighted by molar-refractivity contribution is 1.10. The van der Waals surface area contributed by atoms with E-state index in [1.54, 1.807) is 0 Å². The van der Waals surface area contributed by atoms with Crippen LogP contribution in [0.15, 0.2) is 23.2 Å². The molecule has 1 aliphatic rings. The Labute approximate surface area is 91.2 Å². The number of nitrogens with zero attached hydrogens (tertiary/aromatic N) is 1. The van der Waals surface area contributed by atoms with Crippen LogP contribution in [0.5, 0.6) is 0 Å². The number of benzene rings is 1. The van der Waals surface area contributed by atoms with E-state index in [9.17, 15) is 0 Å². The zero-order chi connectivity index (χ0) is 10.8. The lowest BCUT2D eigenvalue weighted by Crippen LogP contribution is -2.13. The molecule has 2 N–H and O–H groups in total. The first kappa shape index (κ1) is 10.2. The van der Waals surface area contributed by atoms with Gasteiger partial charge in [0, 0.05) is 5.92 Å². The van der Waals surface area contributed by atoms with Gasteiger partial charge in [-0.2, -0.15) is 0 Å². The summed E-state index contributed by atoms with van der Waals surface area (Å²) in [6.07, 6.45) is 3.43. The topological polar surface area (TPSA) is 38.4 Å². The molecule has 2 heteroatoms. The summed E-state index contributed by atoms with van der Waals surface area (Å²) in [4.78, 5) is 4.59. The summed E-state index contributed by atoms with van der Waals surface area (Å²) in [5.41, 5.74) is 9.55. The molecular formula is C13H18N2. The smallest absolute Gasteiger partial charge is 0.103 e. The summed E-state index contributed by atoms with van der Waals surface area (Å²) in [5.74, 6) is 1.37. The third-order valence-corrected chi connectivity index (χ3v) is 2.94. The molecule has 0 atom stereocenters. The van der Waals surface area contributed by atoms with Crippen LogP contribution in [0.3, 0.4) is 0 Å². The molecule has 1 saturated carbocycles. The van der Waals surface area contributed by atoms with E-state index in [0.717, 1.165) is 17.9 Å². The molecule has 0 unspecified atom stereocenters. The van der Waals surface area contributed by atoms with Crippen LogP contribution in [0.4, 0.5) is 5.69 Å². The number of hydrogen-bond acceptors (Lipinski definition) is 1. The van der Waals surface area contributed by atoms with Gasteiger partial charge in [0.05, 0.1) is 5.69 Å².